The number of hydrogen-bond acceptors (Lipinski definition) is 2. The second kappa shape index (κ2) is 6.48. The van der Waals surface area contributed by atoms with Gasteiger partial charge >= 0.3 is 6.18 Å². The molecule has 1 aliphatic heterocycles. The van der Waals surface area contributed by atoms with Crippen molar-refractivity contribution in [2.24, 2.45) is 0 Å². The molecule has 7 heteroatoms. The molecule has 0 aromatic heterocycles. The Morgan fingerprint density at radius 1 is 1.29 bits per heavy atom. The largest absolute Gasteiger partial charge is 0.417 e. The summed E-state index contributed by atoms with van der Waals surface area (Å²) in [5.74, 6) is 0. The summed E-state index contributed by atoms with van der Waals surface area (Å²) in [4.78, 5) is 3.91. The molecule has 1 aromatic carbocycles. The van der Waals surface area contributed by atoms with Crippen LogP contribution in [0.4, 0.5) is 24.5 Å². The monoisotopic (exact) mass is 384 g/mol. The first-order valence-electron chi connectivity index (χ1n) is 6.36. The molecule has 0 fully saturated rings. The second-order valence-electron chi connectivity index (χ2n) is 4.68. The number of anilines is 2. The van der Waals surface area contributed by atoms with Gasteiger partial charge in [-0.2, -0.15) is 13.2 Å². The Labute approximate surface area is 137 Å². The van der Waals surface area contributed by atoms with Crippen LogP contribution in [0, 0.1) is 0 Å². The summed E-state index contributed by atoms with van der Waals surface area (Å²) in [6.45, 7) is 8.76. The average Bonchev–Trinajstić information content (AvgIpc) is 2.60. The van der Waals surface area contributed by atoms with Gasteiger partial charge in [0.25, 0.3) is 0 Å². The predicted octanol–water partition coefficient (Wildman–Crippen LogP) is 5.12. The van der Waals surface area contributed by atoms with Crippen LogP contribution < -0.4 is 9.80 Å². The fraction of sp³-hybridized carbons (Fsp3) is 0.429. The van der Waals surface area contributed by atoms with Crippen LogP contribution in [-0.4, -0.2) is 19.3 Å². The average molecular weight is 386 g/mol. The Morgan fingerprint density at radius 2 is 1.86 bits per heavy atom. The van der Waals surface area contributed by atoms with Crippen molar-refractivity contribution in [2.45, 2.75) is 26.2 Å². The minimum atomic E-state index is -4.45. The fourth-order valence-electron chi connectivity index (χ4n) is 2.62. The molecular formula is C14H17BrClF3N2. The van der Waals surface area contributed by atoms with Gasteiger partial charge in [0, 0.05) is 13.1 Å². The van der Waals surface area contributed by atoms with E-state index in [0.29, 0.717) is 18.8 Å². The minimum Gasteiger partial charge on any atom is -0.350 e. The van der Waals surface area contributed by atoms with E-state index in [1.807, 2.05) is 23.6 Å². The van der Waals surface area contributed by atoms with Crippen LogP contribution in [0.2, 0.25) is 5.02 Å². The van der Waals surface area contributed by atoms with E-state index in [0.717, 1.165) is 11.8 Å². The van der Waals surface area contributed by atoms with E-state index in [2.05, 4.69) is 6.58 Å². The number of fused-ring (bicyclic) bond motifs is 1. The molecular weight excluding hydrogens is 369 g/mol. The summed E-state index contributed by atoms with van der Waals surface area (Å²) < 4.78 is 38.9. The standard InChI is InChI=1S/C14H16ClF3N2.BrH/c1-4-6-20-9(3)19(5-2)13-8-11(15)10(7-12(13)20)14(16,17)18;/h4,7-9H,1,5-6H2,2-3H3;1H. The summed E-state index contributed by atoms with van der Waals surface area (Å²) in [7, 11) is 0. The molecule has 0 N–H and O–H groups in total. The highest BCUT2D eigenvalue weighted by atomic mass is 79.9. The lowest BCUT2D eigenvalue weighted by atomic mass is 10.1. The SMILES string of the molecule is Br.C=CCN1c2cc(C(F)(F)F)c(Cl)cc2N(CC)C1C. The van der Waals surface area contributed by atoms with Gasteiger partial charge in [-0.05, 0) is 26.0 Å². The molecule has 2 nitrogen and oxygen atoms in total. The first kappa shape index (κ1) is 18.2. The Balaban J connectivity index is 0.00000220. The third-order valence-corrected chi connectivity index (χ3v) is 3.87. The van der Waals surface area contributed by atoms with E-state index in [1.54, 1.807) is 6.08 Å². The molecule has 0 amide bonds. The topological polar surface area (TPSA) is 6.48 Å². The molecule has 118 valence electrons. The molecule has 1 unspecified atom stereocenters. The summed E-state index contributed by atoms with van der Waals surface area (Å²) in [5.41, 5.74) is 0.493. The number of hydrogen-bond donors (Lipinski definition) is 0. The highest BCUT2D eigenvalue weighted by molar-refractivity contribution is 8.93. The van der Waals surface area contributed by atoms with Gasteiger partial charge in [0.05, 0.1) is 28.1 Å². The van der Waals surface area contributed by atoms with Crippen molar-refractivity contribution in [1.29, 1.82) is 0 Å². The molecule has 1 aromatic rings. The van der Waals surface area contributed by atoms with Crippen molar-refractivity contribution in [3.63, 3.8) is 0 Å². The van der Waals surface area contributed by atoms with Gasteiger partial charge in [0.2, 0.25) is 0 Å². The van der Waals surface area contributed by atoms with Crippen LogP contribution >= 0.6 is 28.6 Å². The minimum absolute atomic E-state index is 0. The Kier molecular flexibility index (Phi) is 5.61. The summed E-state index contributed by atoms with van der Waals surface area (Å²) in [6.07, 6.45) is -2.79. The molecule has 0 saturated heterocycles. The lowest BCUT2D eigenvalue weighted by molar-refractivity contribution is -0.137. The zero-order valence-electron chi connectivity index (χ0n) is 11.7. The van der Waals surface area contributed by atoms with Crippen molar-refractivity contribution in [3.05, 3.63) is 35.4 Å². The highest BCUT2D eigenvalue weighted by Crippen LogP contribution is 2.46. The van der Waals surface area contributed by atoms with Crippen LogP contribution in [0.3, 0.4) is 0 Å². The zero-order valence-corrected chi connectivity index (χ0v) is 14.2. The molecule has 1 heterocycles. The lowest BCUT2D eigenvalue weighted by Gasteiger charge is -2.28. The van der Waals surface area contributed by atoms with Crippen molar-refractivity contribution < 1.29 is 13.2 Å². The maximum Gasteiger partial charge on any atom is 0.417 e. The lowest BCUT2D eigenvalue weighted by Crippen LogP contribution is -2.40. The molecule has 0 spiro atoms. The Hall–Kier alpha value is -0.880. The molecule has 1 aliphatic rings. The van der Waals surface area contributed by atoms with Gasteiger partial charge in [0.15, 0.2) is 0 Å². The number of rotatable bonds is 3. The van der Waals surface area contributed by atoms with Gasteiger partial charge in [0.1, 0.15) is 0 Å². The van der Waals surface area contributed by atoms with E-state index in [9.17, 15) is 13.2 Å². The second-order valence-corrected chi connectivity index (χ2v) is 5.08. The molecule has 21 heavy (non-hydrogen) atoms. The quantitative estimate of drug-likeness (QED) is 0.667. The number of nitrogens with zero attached hydrogens (tertiary/aromatic N) is 2. The van der Waals surface area contributed by atoms with E-state index < -0.39 is 11.7 Å². The van der Waals surface area contributed by atoms with Crippen LogP contribution in [-0.2, 0) is 6.18 Å². The summed E-state index contributed by atoms with van der Waals surface area (Å²) in [6, 6.07) is 2.54. The van der Waals surface area contributed by atoms with Crippen LogP contribution in [0.5, 0.6) is 0 Å². The normalized spacial score (nSPS) is 17.5. The van der Waals surface area contributed by atoms with Gasteiger partial charge in [-0.25, -0.2) is 0 Å². The van der Waals surface area contributed by atoms with Crippen molar-refractivity contribution >= 4 is 40.0 Å². The van der Waals surface area contributed by atoms with E-state index in [1.165, 1.54) is 6.07 Å². The molecule has 2 rings (SSSR count). The van der Waals surface area contributed by atoms with Gasteiger partial charge in [-0.3, -0.25) is 0 Å². The maximum atomic E-state index is 13.0. The van der Waals surface area contributed by atoms with Crippen LogP contribution in [0.25, 0.3) is 0 Å². The number of benzene rings is 1. The van der Waals surface area contributed by atoms with Gasteiger partial charge < -0.3 is 9.80 Å². The Morgan fingerprint density at radius 3 is 2.33 bits per heavy atom. The summed E-state index contributed by atoms with van der Waals surface area (Å²) in [5, 5.41) is -0.262. The van der Waals surface area contributed by atoms with Crippen molar-refractivity contribution in [1.82, 2.24) is 0 Å². The molecule has 0 aliphatic carbocycles. The first-order valence-corrected chi connectivity index (χ1v) is 6.74. The maximum absolute atomic E-state index is 13.0. The summed E-state index contributed by atoms with van der Waals surface area (Å²) >= 11 is 5.80. The zero-order chi connectivity index (χ0) is 15.1. The van der Waals surface area contributed by atoms with Crippen LogP contribution in [0.15, 0.2) is 24.8 Å². The molecule has 1 atom stereocenters. The first-order chi connectivity index (χ1) is 9.31. The van der Waals surface area contributed by atoms with E-state index in [-0.39, 0.29) is 28.2 Å². The molecule has 0 radical (unpaired) electrons. The third kappa shape index (κ3) is 3.16. The Bertz CT molecular complexity index is 534. The molecule has 0 bridgehead atoms. The van der Waals surface area contributed by atoms with Crippen molar-refractivity contribution in [2.75, 3.05) is 22.9 Å². The highest BCUT2D eigenvalue weighted by Gasteiger charge is 2.38. The van der Waals surface area contributed by atoms with Crippen LogP contribution in [0.1, 0.15) is 19.4 Å². The number of halogens is 5. The smallest absolute Gasteiger partial charge is 0.350 e. The number of alkyl halides is 3. The van der Waals surface area contributed by atoms with Gasteiger partial charge in [-0.15, -0.1) is 23.6 Å². The third-order valence-electron chi connectivity index (χ3n) is 3.56. The predicted molar refractivity (Wildman–Crippen MR) is 86.8 cm³/mol. The fourth-order valence-corrected chi connectivity index (χ4v) is 2.89. The van der Waals surface area contributed by atoms with E-state index in [4.69, 9.17) is 11.6 Å². The molecule has 0 saturated carbocycles. The van der Waals surface area contributed by atoms with E-state index >= 15 is 0 Å². The van der Waals surface area contributed by atoms with Gasteiger partial charge in [-0.1, -0.05) is 17.7 Å². The van der Waals surface area contributed by atoms with Crippen molar-refractivity contribution in [3.8, 4) is 0 Å².